The maximum Gasteiger partial charge on any atom is -0.0269 e. The molecule has 1 aliphatic carbocycles. The van der Waals surface area contributed by atoms with Crippen molar-refractivity contribution in [2.45, 2.75) is 40.0 Å². The molecule has 0 N–H and O–H groups in total. The average Bonchev–Trinajstić information content (AvgIpc) is 1.79. The molecule has 0 nitrogen and oxygen atoms in total. The fraction of sp³-hybridized carbons (Fsp3) is 0.700. The van der Waals surface area contributed by atoms with Crippen LogP contribution in [0.3, 0.4) is 0 Å². The largest absolute Gasteiger partial charge is 0.0736 e. The van der Waals surface area contributed by atoms with Crippen LogP contribution in [0.25, 0.3) is 0 Å². The van der Waals surface area contributed by atoms with E-state index in [0.29, 0.717) is 5.41 Å². The second kappa shape index (κ2) is 2.41. The van der Waals surface area contributed by atoms with Crippen LogP contribution in [-0.4, -0.2) is 0 Å². The van der Waals surface area contributed by atoms with Gasteiger partial charge in [-0.25, -0.2) is 0 Å². The first kappa shape index (κ1) is 7.84. The highest BCUT2D eigenvalue weighted by Crippen LogP contribution is 2.37. The molecule has 0 saturated heterocycles. The van der Waals surface area contributed by atoms with Crippen molar-refractivity contribution in [3.05, 3.63) is 18.1 Å². The van der Waals surface area contributed by atoms with E-state index in [9.17, 15) is 0 Å². The highest BCUT2D eigenvalue weighted by atomic mass is 14.3. The number of hydrogen-bond acceptors (Lipinski definition) is 0. The molecule has 0 aromatic rings. The molecule has 0 aromatic heterocycles. The molecule has 1 rings (SSSR count). The quantitative estimate of drug-likeness (QED) is 0.480. The van der Waals surface area contributed by atoms with Crippen molar-refractivity contribution in [2.24, 2.45) is 5.41 Å². The second-order valence-corrected chi connectivity index (χ2v) is 4.22. The van der Waals surface area contributed by atoms with Gasteiger partial charge in [0.1, 0.15) is 0 Å². The first-order valence-corrected chi connectivity index (χ1v) is 4.02. The van der Waals surface area contributed by atoms with Gasteiger partial charge in [-0.05, 0) is 38.5 Å². The molecular weight excluding hydrogens is 120 g/mol. The average molecular weight is 137 g/mol. The lowest BCUT2D eigenvalue weighted by atomic mass is 9.75. The van der Waals surface area contributed by atoms with Crippen LogP contribution in [0.4, 0.5) is 0 Å². The Morgan fingerprint density at radius 1 is 1.40 bits per heavy atom. The van der Waals surface area contributed by atoms with Crippen LogP contribution in [0.1, 0.15) is 40.0 Å². The number of rotatable bonds is 0. The minimum absolute atomic E-state index is 0.533. The van der Waals surface area contributed by atoms with Crippen molar-refractivity contribution in [3.63, 3.8) is 0 Å². The van der Waals surface area contributed by atoms with Gasteiger partial charge in [0.15, 0.2) is 0 Å². The monoisotopic (exact) mass is 137 g/mol. The molecule has 0 aromatic carbocycles. The van der Waals surface area contributed by atoms with Crippen molar-refractivity contribution < 1.29 is 0 Å². The van der Waals surface area contributed by atoms with Crippen LogP contribution in [0.2, 0.25) is 0 Å². The van der Waals surface area contributed by atoms with Crippen molar-refractivity contribution in [2.75, 3.05) is 0 Å². The molecule has 0 saturated carbocycles. The first-order valence-electron chi connectivity index (χ1n) is 4.02. The standard InChI is InChI=1S/C10H17/c1-8-5-6-10(3,4)7-9(8)2/h1,5-7H2,2-4H3. The zero-order chi connectivity index (χ0) is 7.78. The fourth-order valence-corrected chi connectivity index (χ4v) is 1.63. The van der Waals surface area contributed by atoms with Gasteiger partial charge in [0.05, 0.1) is 0 Å². The van der Waals surface area contributed by atoms with Crippen molar-refractivity contribution >= 4 is 0 Å². The lowest BCUT2D eigenvalue weighted by Crippen LogP contribution is -2.16. The summed E-state index contributed by atoms with van der Waals surface area (Å²) in [5.74, 6) is 0. The SMILES string of the molecule is [CH2]C1=C(C)CC(C)(C)CC1. The molecule has 0 fully saturated rings. The molecule has 1 radical (unpaired) electrons. The smallest absolute Gasteiger partial charge is 0.0269 e. The second-order valence-electron chi connectivity index (χ2n) is 4.22. The summed E-state index contributed by atoms with van der Waals surface area (Å²) in [7, 11) is 0. The van der Waals surface area contributed by atoms with E-state index < -0.39 is 0 Å². The summed E-state index contributed by atoms with van der Waals surface area (Å²) in [4.78, 5) is 0. The predicted molar refractivity (Wildman–Crippen MR) is 45.7 cm³/mol. The third-order valence-electron chi connectivity index (χ3n) is 2.45. The fourth-order valence-electron chi connectivity index (χ4n) is 1.63. The van der Waals surface area contributed by atoms with Gasteiger partial charge in [0.2, 0.25) is 0 Å². The van der Waals surface area contributed by atoms with Gasteiger partial charge in [-0.2, -0.15) is 0 Å². The Kier molecular flexibility index (Phi) is 1.89. The van der Waals surface area contributed by atoms with Gasteiger partial charge in [0.25, 0.3) is 0 Å². The van der Waals surface area contributed by atoms with Crippen molar-refractivity contribution in [1.82, 2.24) is 0 Å². The van der Waals surface area contributed by atoms with E-state index in [2.05, 4.69) is 27.7 Å². The van der Waals surface area contributed by atoms with E-state index in [-0.39, 0.29) is 0 Å². The number of allylic oxidation sites excluding steroid dienone is 2. The third kappa shape index (κ3) is 1.62. The molecule has 10 heavy (non-hydrogen) atoms. The van der Waals surface area contributed by atoms with Crippen LogP contribution in [0, 0.1) is 12.3 Å². The minimum atomic E-state index is 0.533. The van der Waals surface area contributed by atoms with Crippen LogP contribution in [0.5, 0.6) is 0 Å². The normalized spacial score (nSPS) is 25.2. The van der Waals surface area contributed by atoms with Crippen LogP contribution < -0.4 is 0 Å². The van der Waals surface area contributed by atoms with Gasteiger partial charge >= 0.3 is 0 Å². The molecule has 0 unspecified atom stereocenters. The molecule has 0 atom stereocenters. The Morgan fingerprint density at radius 3 is 2.40 bits per heavy atom. The van der Waals surface area contributed by atoms with Crippen molar-refractivity contribution in [3.8, 4) is 0 Å². The lowest BCUT2D eigenvalue weighted by Gasteiger charge is -2.30. The highest BCUT2D eigenvalue weighted by molar-refractivity contribution is 5.19. The van der Waals surface area contributed by atoms with E-state index in [1.165, 1.54) is 30.4 Å². The lowest BCUT2D eigenvalue weighted by molar-refractivity contribution is 0.316. The molecule has 0 spiro atoms. The van der Waals surface area contributed by atoms with Gasteiger partial charge < -0.3 is 0 Å². The van der Waals surface area contributed by atoms with E-state index in [1.807, 2.05) is 0 Å². The summed E-state index contributed by atoms with van der Waals surface area (Å²) in [6.07, 6.45) is 3.76. The minimum Gasteiger partial charge on any atom is -0.0736 e. The Hall–Kier alpha value is -0.260. The Balaban J connectivity index is 2.72. The van der Waals surface area contributed by atoms with E-state index in [4.69, 9.17) is 0 Å². The first-order chi connectivity index (χ1) is 4.51. The summed E-state index contributed by atoms with van der Waals surface area (Å²) in [6.45, 7) is 10.9. The Morgan fingerprint density at radius 2 is 2.00 bits per heavy atom. The van der Waals surface area contributed by atoms with Crippen molar-refractivity contribution in [1.29, 1.82) is 0 Å². The molecular formula is C10H17. The van der Waals surface area contributed by atoms with Gasteiger partial charge in [-0.15, -0.1) is 0 Å². The maximum absolute atomic E-state index is 4.02. The van der Waals surface area contributed by atoms with Crippen LogP contribution >= 0.6 is 0 Å². The molecule has 0 heterocycles. The van der Waals surface area contributed by atoms with E-state index in [1.54, 1.807) is 0 Å². The molecule has 1 aliphatic rings. The molecule has 0 heteroatoms. The molecule has 57 valence electrons. The predicted octanol–water partition coefficient (Wildman–Crippen LogP) is 3.35. The summed E-state index contributed by atoms with van der Waals surface area (Å²) in [5.41, 5.74) is 3.42. The summed E-state index contributed by atoms with van der Waals surface area (Å²) in [6, 6.07) is 0. The summed E-state index contributed by atoms with van der Waals surface area (Å²) in [5, 5.41) is 0. The zero-order valence-electron chi connectivity index (χ0n) is 7.33. The molecule has 0 aliphatic heterocycles. The zero-order valence-corrected chi connectivity index (χ0v) is 7.33. The van der Waals surface area contributed by atoms with Gasteiger partial charge in [0, 0.05) is 0 Å². The number of hydrogen-bond donors (Lipinski definition) is 0. The molecule has 0 amide bonds. The molecule has 0 bridgehead atoms. The van der Waals surface area contributed by atoms with Crippen LogP contribution in [-0.2, 0) is 0 Å². The Labute approximate surface area is 64.3 Å². The topological polar surface area (TPSA) is 0 Å². The summed E-state index contributed by atoms with van der Waals surface area (Å²) >= 11 is 0. The van der Waals surface area contributed by atoms with Gasteiger partial charge in [-0.1, -0.05) is 25.0 Å². The maximum atomic E-state index is 4.02. The van der Waals surface area contributed by atoms with Gasteiger partial charge in [-0.3, -0.25) is 0 Å². The van der Waals surface area contributed by atoms with E-state index >= 15 is 0 Å². The van der Waals surface area contributed by atoms with Crippen LogP contribution in [0.15, 0.2) is 11.1 Å². The third-order valence-corrected chi connectivity index (χ3v) is 2.45. The Bertz CT molecular complexity index is 161. The summed E-state index contributed by atoms with van der Waals surface area (Å²) < 4.78 is 0. The highest BCUT2D eigenvalue weighted by Gasteiger charge is 2.22. The van der Waals surface area contributed by atoms with E-state index in [0.717, 1.165) is 0 Å².